The van der Waals surface area contributed by atoms with Crippen molar-refractivity contribution in [2.75, 3.05) is 26.2 Å². The molecule has 3 aliphatic heterocycles. The summed E-state index contributed by atoms with van der Waals surface area (Å²) in [5.74, 6) is -0.689. The van der Waals surface area contributed by atoms with Crippen LogP contribution in [0.4, 0.5) is 0 Å². The molecule has 3 aliphatic rings. The number of carboxylic acids is 1. The van der Waals surface area contributed by atoms with Crippen molar-refractivity contribution in [3.63, 3.8) is 0 Å². The zero-order valence-electron chi connectivity index (χ0n) is 10.3. The molecule has 0 aromatic heterocycles. The van der Waals surface area contributed by atoms with Gasteiger partial charge in [-0.05, 0) is 51.7 Å². The Morgan fingerprint density at radius 2 is 1.47 bits per heavy atom. The summed E-state index contributed by atoms with van der Waals surface area (Å²) in [6.07, 6.45) is 5.69. The summed E-state index contributed by atoms with van der Waals surface area (Å²) in [7, 11) is 0. The van der Waals surface area contributed by atoms with Crippen LogP contribution in [0.3, 0.4) is 0 Å². The highest BCUT2D eigenvalue weighted by Crippen LogP contribution is 2.33. The van der Waals surface area contributed by atoms with Crippen molar-refractivity contribution in [1.82, 2.24) is 9.80 Å². The van der Waals surface area contributed by atoms with Crippen LogP contribution in [0.5, 0.6) is 0 Å². The van der Waals surface area contributed by atoms with Gasteiger partial charge >= 0.3 is 5.97 Å². The van der Waals surface area contributed by atoms with Gasteiger partial charge < -0.3 is 5.11 Å². The Morgan fingerprint density at radius 1 is 0.882 bits per heavy atom. The van der Waals surface area contributed by atoms with E-state index in [1.807, 2.05) is 0 Å². The van der Waals surface area contributed by atoms with Gasteiger partial charge in [0, 0.05) is 18.6 Å². The van der Waals surface area contributed by atoms with E-state index in [0.29, 0.717) is 6.04 Å². The summed E-state index contributed by atoms with van der Waals surface area (Å²) in [6, 6.07) is 1.49. The van der Waals surface area contributed by atoms with Gasteiger partial charge in [-0.25, -0.2) is 0 Å². The zero-order valence-corrected chi connectivity index (χ0v) is 10.3. The van der Waals surface area contributed by atoms with E-state index in [0.717, 1.165) is 32.0 Å². The SMILES string of the molecule is O=C(O)C1CCN(C2CCN3CCCC23)CC1. The number of likely N-dealkylation sites (tertiary alicyclic amines) is 1. The molecule has 2 atom stereocenters. The normalized spacial score (nSPS) is 36.2. The molecule has 17 heavy (non-hydrogen) atoms. The van der Waals surface area contributed by atoms with Crippen molar-refractivity contribution < 1.29 is 9.90 Å². The topological polar surface area (TPSA) is 43.8 Å². The number of hydrogen-bond donors (Lipinski definition) is 1. The molecule has 2 unspecified atom stereocenters. The second-order valence-electron chi connectivity index (χ2n) is 5.75. The summed E-state index contributed by atoms with van der Waals surface area (Å²) in [5.41, 5.74) is 0. The number of carbonyl (C=O) groups is 1. The van der Waals surface area contributed by atoms with Crippen LogP contribution < -0.4 is 0 Å². The first-order valence-electron chi connectivity index (χ1n) is 6.96. The van der Waals surface area contributed by atoms with E-state index in [1.165, 1.54) is 32.4 Å². The molecule has 0 saturated carbocycles. The fourth-order valence-electron chi connectivity index (χ4n) is 3.96. The number of hydrogen-bond acceptors (Lipinski definition) is 3. The number of fused-ring (bicyclic) bond motifs is 1. The zero-order chi connectivity index (χ0) is 11.8. The molecule has 3 heterocycles. The van der Waals surface area contributed by atoms with Gasteiger partial charge in [0.1, 0.15) is 0 Å². The van der Waals surface area contributed by atoms with Crippen LogP contribution in [0.15, 0.2) is 0 Å². The third-order valence-corrected chi connectivity index (χ3v) is 4.92. The quantitative estimate of drug-likeness (QED) is 0.780. The molecule has 0 bridgehead atoms. The van der Waals surface area contributed by atoms with Crippen LogP contribution in [-0.4, -0.2) is 59.1 Å². The Kier molecular flexibility index (Phi) is 3.09. The van der Waals surface area contributed by atoms with Gasteiger partial charge in [0.25, 0.3) is 0 Å². The molecule has 96 valence electrons. The van der Waals surface area contributed by atoms with E-state index >= 15 is 0 Å². The largest absolute Gasteiger partial charge is 0.481 e. The number of carboxylic acid groups (broad SMARTS) is 1. The van der Waals surface area contributed by atoms with E-state index in [-0.39, 0.29) is 5.92 Å². The number of piperidine rings is 1. The summed E-state index contributed by atoms with van der Waals surface area (Å²) in [6.45, 7) is 4.53. The molecule has 0 aliphatic carbocycles. The van der Waals surface area contributed by atoms with E-state index in [9.17, 15) is 4.79 Å². The van der Waals surface area contributed by atoms with Gasteiger partial charge in [-0.3, -0.25) is 14.6 Å². The first-order valence-corrected chi connectivity index (χ1v) is 6.96. The first kappa shape index (κ1) is 11.5. The standard InChI is InChI=1S/C13H22N2O2/c16-13(17)10-3-7-15(8-4-10)12-5-9-14-6-1-2-11(12)14/h10-12H,1-9H2,(H,16,17). The lowest BCUT2D eigenvalue weighted by Gasteiger charge is -2.37. The maximum absolute atomic E-state index is 10.9. The molecule has 0 radical (unpaired) electrons. The Morgan fingerprint density at radius 3 is 2.18 bits per heavy atom. The van der Waals surface area contributed by atoms with Gasteiger partial charge in [0.2, 0.25) is 0 Å². The van der Waals surface area contributed by atoms with Crippen molar-refractivity contribution in [3.05, 3.63) is 0 Å². The molecule has 0 amide bonds. The third kappa shape index (κ3) is 2.08. The molecule has 0 aromatic carbocycles. The van der Waals surface area contributed by atoms with Gasteiger partial charge in [-0.1, -0.05) is 0 Å². The highest BCUT2D eigenvalue weighted by atomic mass is 16.4. The molecule has 0 spiro atoms. The van der Waals surface area contributed by atoms with Crippen molar-refractivity contribution in [2.24, 2.45) is 5.92 Å². The lowest BCUT2D eigenvalue weighted by molar-refractivity contribution is -0.143. The number of nitrogens with zero attached hydrogens (tertiary/aromatic N) is 2. The molecule has 4 heteroatoms. The Bertz CT molecular complexity index is 300. The summed E-state index contributed by atoms with van der Waals surface area (Å²) < 4.78 is 0. The summed E-state index contributed by atoms with van der Waals surface area (Å²) in [4.78, 5) is 16.1. The van der Waals surface area contributed by atoms with E-state index in [4.69, 9.17) is 5.11 Å². The molecule has 3 saturated heterocycles. The molecule has 0 aromatic rings. The lowest BCUT2D eigenvalue weighted by Crippen LogP contribution is -2.47. The fourth-order valence-corrected chi connectivity index (χ4v) is 3.96. The van der Waals surface area contributed by atoms with Gasteiger partial charge in [0.05, 0.1) is 5.92 Å². The Balaban J connectivity index is 1.58. The average Bonchev–Trinajstić information content (AvgIpc) is 2.90. The number of aliphatic carboxylic acids is 1. The predicted octanol–water partition coefficient (Wildman–Crippen LogP) is 1.02. The first-order chi connectivity index (χ1) is 8.25. The van der Waals surface area contributed by atoms with Crippen LogP contribution >= 0.6 is 0 Å². The van der Waals surface area contributed by atoms with Crippen LogP contribution in [0, 0.1) is 5.92 Å². The minimum Gasteiger partial charge on any atom is -0.481 e. The molecular formula is C13H22N2O2. The van der Waals surface area contributed by atoms with Gasteiger partial charge in [-0.2, -0.15) is 0 Å². The fraction of sp³-hybridized carbons (Fsp3) is 0.923. The molecular weight excluding hydrogens is 216 g/mol. The monoisotopic (exact) mass is 238 g/mol. The van der Waals surface area contributed by atoms with Crippen LogP contribution in [0.1, 0.15) is 32.1 Å². The third-order valence-electron chi connectivity index (χ3n) is 4.92. The average molecular weight is 238 g/mol. The van der Waals surface area contributed by atoms with Crippen LogP contribution in [-0.2, 0) is 4.79 Å². The minimum atomic E-state index is -0.599. The second kappa shape index (κ2) is 4.58. The summed E-state index contributed by atoms with van der Waals surface area (Å²) >= 11 is 0. The molecule has 1 N–H and O–H groups in total. The maximum Gasteiger partial charge on any atom is 0.306 e. The van der Waals surface area contributed by atoms with Crippen molar-refractivity contribution in [3.8, 4) is 0 Å². The van der Waals surface area contributed by atoms with E-state index in [1.54, 1.807) is 0 Å². The molecule has 4 nitrogen and oxygen atoms in total. The predicted molar refractivity (Wildman–Crippen MR) is 64.9 cm³/mol. The van der Waals surface area contributed by atoms with Crippen molar-refractivity contribution in [2.45, 2.75) is 44.2 Å². The van der Waals surface area contributed by atoms with Crippen LogP contribution in [0.25, 0.3) is 0 Å². The number of rotatable bonds is 2. The van der Waals surface area contributed by atoms with Gasteiger partial charge in [0.15, 0.2) is 0 Å². The molecule has 3 fully saturated rings. The molecule has 3 rings (SSSR count). The minimum absolute atomic E-state index is 0.0904. The lowest BCUT2D eigenvalue weighted by atomic mass is 9.94. The highest BCUT2D eigenvalue weighted by molar-refractivity contribution is 5.70. The second-order valence-corrected chi connectivity index (χ2v) is 5.75. The summed E-state index contributed by atoms with van der Waals surface area (Å²) in [5, 5.41) is 9.01. The Labute approximate surface area is 103 Å². The van der Waals surface area contributed by atoms with Gasteiger partial charge in [-0.15, -0.1) is 0 Å². The Hall–Kier alpha value is -0.610. The van der Waals surface area contributed by atoms with Crippen molar-refractivity contribution >= 4 is 5.97 Å². The maximum atomic E-state index is 10.9. The smallest absolute Gasteiger partial charge is 0.306 e. The van der Waals surface area contributed by atoms with E-state index in [2.05, 4.69) is 9.80 Å². The van der Waals surface area contributed by atoms with Crippen LogP contribution in [0.2, 0.25) is 0 Å². The van der Waals surface area contributed by atoms with Crippen molar-refractivity contribution in [1.29, 1.82) is 0 Å². The van der Waals surface area contributed by atoms with E-state index < -0.39 is 5.97 Å². The highest BCUT2D eigenvalue weighted by Gasteiger charge is 2.41.